The number of pyridine rings is 1. The molecule has 5 heteroatoms. The van der Waals surface area contributed by atoms with Crippen molar-refractivity contribution in [2.75, 3.05) is 20.0 Å². The highest BCUT2D eigenvalue weighted by molar-refractivity contribution is 5.95. The van der Waals surface area contributed by atoms with Crippen LogP contribution < -0.4 is 15.2 Å². The second-order valence-corrected chi connectivity index (χ2v) is 3.43. The van der Waals surface area contributed by atoms with Gasteiger partial charge in [-0.1, -0.05) is 0 Å². The fourth-order valence-corrected chi connectivity index (χ4v) is 1.63. The number of ether oxygens (including phenoxy) is 2. The fraction of sp³-hybridized carbons (Fsp3) is 0.167. The Balaban J connectivity index is 2.85. The summed E-state index contributed by atoms with van der Waals surface area (Å²) in [5.41, 5.74) is 7.18. The van der Waals surface area contributed by atoms with Gasteiger partial charge in [-0.2, -0.15) is 5.26 Å². The van der Waals surface area contributed by atoms with Gasteiger partial charge < -0.3 is 15.2 Å². The Morgan fingerprint density at radius 2 is 2.00 bits per heavy atom. The summed E-state index contributed by atoms with van der Waals surface area (Å²) in [4.78, 5) is 4.18. The number of fused-ring (bicyclic) bond motifs is 1. The van der Waals surface area contributed by atoms with Crippen LogP contribution in [-0.2, 0) is 0 Å². The van der Waals surface area contributed by atoms with Crippen molar-refractivity contribution in [1.29, 1.82) is 5.26 Å². The molecule has 0 unspecified atom stereocenters. The predicted molar refractivity (Wildman–Crippen MR) is 64.0 cm³/mol. The van der Waals surface area contributed by atoms with E-state index in [-0.39, 0.29) is 5.69 Å². The smallest absolute Gasteiger partial charge is 0.148 e. The van der Waals surface area contributed by atoms with Crippen molar-refractivity contribution >= 4 is 16.6 Å². The van der Waals surface area contributed by atoms with E-state index in [4.69, 9.17) is 20.5 Å². The van der Waals surface area contributed by atoms with Gasteiger partial charge in [0.1, 0.15) is 28.8 Å². The molecule has 2 rings (SSSR count). The van der Waals surface area contributed by atoms with Crippen LogP contribution in [0.5, 0.6) is 11.5 Å². The number of anilines is 1. The largest absolute Gasteiger partial charge is 0.497 e. The quantitative estimate of drug-likeness (QED) is 0.847. The molecule has 0 atom stereocenters. The van der Waals surface area contributed by atoms with Gasteiger partial charge in [-0.3, -0.25) is 0 Å². The van der Waals surface area contributed by atoms with Crippen LogP contribution >= 0.6 is 0 Å². The number of methoxy groups -OCH3 is 2. The maximum atomic E-state index is 8.85. The Kier molecular flexibility index (Phi) is 2.71. The Bertz CT molecular complexity index is 617. The van der Waals surface area contributed by atoms with E-state index in [1.54, 1.807) is 19.2 Å². The zero-order chi connectivity index (χ0) is 12.4. The summed E-state index contributed by atoms with van der Waals surface area (Å²) in [6, 6.07) is 6.96. The molecule has 17 heavy (non-hydrogen) atoms. The number of nitrogens with two attached hydrogens (primary N) is 1. The second-order valence-electron chi connectivity index (χ2n) is 3.43. The first-order valence-electron chi connectivity index (χ1n) is 4.92. The number of hydrogen-bond acceptors (Lipinski definition) is 5. The molecule has 2 N–H and O–H groups in total. The summed E-state index contributed by atoms with van der Waals surface area (Å²) >= 11 is 0. The third-order valence-electron chi connectivity index (χ3n) is 2.45. The van der Waals surface area contributed by atoms with Gasteiger partial charge in [0.15, 0.2) is 0 Å². The molecule has 0 saturated carbocycles. The lowest BCUT2D eigenvalue weighted by Gasteiger charge is -2.09. The van der Waals surface area contributed by atoms with E-state index < -0.39 is 0 Å². The van der Waals surface area contributed by atoms with Crippen molar-refractivity contribution in [1.82, 2.24) is 4.98 Å². The summed E-state index contributed by atoms with van der Waals surface area (Å²) in [5.74, 6) is 1.16. The van der Waals surface area contributed by atoms with Crippen LogP contribution in [0.3, 0.4) is 0 Å². The monoisotopic (exact) mass is 229 g/mol. The molecule has 0 bridgehead atoms. The summed E-state index contributed by atoms with van der Waals surface area (Å²) in [5, 5.41) is 9.56. The third-order valence-corrected chi connectivity index (χ3v) is 2.45. The first-order chi connectivity index (χ1) is 8.19. The maximum Gasteiger partial charge on any atom is 0.148 e. The van der Waals surface area contributed by atoms with Crippen molar-refractivity contribution in [3.8, 4) is 17.6 Å². The zero-order valence-corrected chi connectivity index (χ0v) is 9.52. The van der Waals surface area contributed by atoms with Crippen LogP contribution in [0.25, 0.3) is 10.9 Å². The van der Waals surface area contributed by atoms with Crippen LogP contribution in [-0.4, -0.2) is 19.2 Å². The molecule has 1 heterocycles. The van der Waals surface area contributed by atoms with E-state index in [0.717, 1.165) is 0 Å². The van der Waals surface area contributed by atoms with Crippen LogP contribution in [0.1, 0.15) is 5.69 Å². The van der Waals surface area contributed by atoms with E-state index in [1.807, 2.05) is 6.07 Å². The molecule has 1 aromatic heterocycles. The first kappa shape index (κ1) is 11.0. The molecule has 86 valence electrons. The average Bonchev–Trinajstić information content (AvgIpc) is 2.37. The molecule has 0 fully saturated rings. The van der Waals surface area contributed by atoms with Gasteiger partial charge in [-0.15, -0.1) is 0 Å². The standard InChI is InChI=1S/C12H11N3O2/c1-16-8-4-9-10(14)3-7(6-13)15-12(9)11(5-8)17-2/h3-5H,1-2H3,(H2,14,15). The van der Waals surface area contributed by atoms with Crippen molar-refractivity contribution in [3.05, 3.63) is 23.9 Å². The lowest BCUT2D eigenvalue weighted by molar-refractivity contribution is 0.397. The maximum absolute atomic E-state index is 8.85. The number of aromatic nitrogens is 1. The van der Waals surface area contributed by atoms with Crippen LogP contribution in [0.15, 0.2) is 18.2 Å². The van der Waals surface area contributed by atoms with Crippen molar-refractivity contribution < 1.29 is 9.47 Å². The SMILES string of the molecule is COc1cc(OC)c2nc(C#N)cc(N)c2c1. The second kappa shape index (κ2) is 4.18. The predicted octanol–water partition coefficient (Wildman–Crippen LogP) is 1.71. The van der Waals surface area contributed by atoms with Gasteiger partial charge >= 0.3 is 0 Å². The molecule has 2 aromatic rings. The molecule has 0 amide bonds. The van der Waals surface area contributed by atoms with Gasteiger partial charge in [-0.05, 0) is 12.1 Å². The number of nitrogen functional groups attached to an aromatic ring is 1. The highest BCUT2D eigenvalue weighted by Crippen LogP contribution is 2.33. The summed E-state index contributed by atoms with van der Waals surface area (Å²) in [7, 11) is 3.10. The first-order valence-corrected chi connectivity index (χ1v) is 4.92. The molecular weight excluding hydrogens is 218 g/mol. The van der Waals surface area contributed by atoms with E-state index in [2.05, 4.69) is 4.98 Å². The van der Waals surface area contributed by atoms with Gasteiger partial charge in [0.2, 0.25) is 0 Å². The Hall–Kier alpha value is -2.48. The molecule has 5 nitrogen and oxygen atoms in total. The van der Waals surface area contributed by atoms with E-state index >= 15 is 0 Å². The minimum Gasteiger partial charge on any atom is -0.497 e. The van der Waals surface area contributed by atoms with Crippen molar-refractivity contribution in [2.24, 2.45) is 0 Å². The Morgan fingerprint density at radius 3 is 2.59 bits per heavy atom. The Labute approximate surface area is 98.4 Å². The molecule has 0 aliphatic rings. The number of rotatable bonds is 2. The van der Waals surface area contributed by atoms with E-state index in [1.165, 1.54) is 13.2 Å². The normalized spacial score (nSPS) is 9.94. The van der Waals surface area contributed by atoms with Gasteiger partial charge in [-0.25, -0.2) is 4.98 Å². The highest BCUT2D eigenvalue weighted by Gasteiger charge is 2.10. The lowest BCUT2D eigenvalue weighted by Crippen LogP contribution is -1.96. The molecule has 0 saturated heterocycles. The lowest BCUT2D eigenvalue weighted by atomic mass is 10.1. The van der Waals surface area contributed by atoms with Gasteiger partial charge in [0.05, 0.1) is 14.2 Å². The minimum atomic E-state index is 0.262. The number of benzene rings is 1. The number of nitriles is 1. The van der Waals surface area contributed by atoms with Crippen LogP contribution in [0.4, 0.5) is 5.69 Å². The Morgan fingerprint density at radius 1 is 1.24 bits per heavy atom. The summed E-state index contributed by atoms with van der Waals surface area (Å²) < 4.78 is 10.4. The third kappa shape index (κ3) is 1.81. The summed E-state index contributed by atoms with van der Waals surface area (Å²) in [6.07, 6.45) is 0. The number of hydrogen-bond donors (Lipinski definition) is 1. The van der Waals surface area contributed by atoms with E-state index in [9.17, 15) is 0 Å². The average molecular weight is 229 g/mol. The minimum absolute atomic E-state index is 0.262. The van der Waals surface area contributed by atoms with Crippen LogP contribution in [0.2, 0.25) is 0 Å². The fourth-order valence-electron chi connectivity index (χ4n) is 1.63. The molecule has 0 aliphatic heterocycles. The number of nitrogens with zero attached hydrogens (tertiary/aromatic N) is 2. The zero-order valence-electron chi connectivity index (χ0n) is 9.52. The molecular formula is C12H11N3O2. The van der Waals surface area contributed by atoms with Crippen LogP contribution in [0, 0.1) is 11.3 Å². The molecule has 1 aromatic carbocycles. The molecule has 0 aliphatic carbocycles. The van der Waals surface area contributed by atoms with E-state index in [0.29, 0.717) is 28.1 Å². The molecule has 0 spiro atoms. The molecule has 0 radical (unpaired) electrons. The van der Waals surface area contributed by atoms with Gasteiger partial charge in [0, 0.05) is 17.1 Å². The van der Waals surface area contributed by atoms with Gasteiger partial charge in [0.25, 0.3) is 0 Å². The topological polar surface area (TPSA) is 81.2 Å². The highest BCUT2D eigenvalue weighted by atomic mass is 16.5. The van der Waals surface area contributed by atoms with Crippen molar-refractivity contribution in [2.45, 2.75) is 0 Å². The summed E-state index contributed by atoms with van der Waals surface area (Å²) in [6.45, 7) is 0. The van der Waals surface area contributed by atoms with Crippen molar-refractivity contribution in [3.63, 3.8) is 0 Å².